The number of nitrogens with two attached hydrogens (primary N) is 2. The lowest BCUT2D eigenvalue weighted by molar-refractivity contribution is -0.142. The number of carboxylic acid groups (broad SMARTS) is 1. The van der Waals surface area contributed by atoms with Crippen LogP contribution in [0, 0.1) is 0 Å². The number of primary amides is 2. The molecule has 9 nitrogen and oxygen atoms in total. The summed E-state index contributed by atoms with van der Waals surface area (Å²) in [6.07, 6.45) is 2.52. The molecule has 0 spiro atoms. The first kappa shape index (κ1) is 16.7. The third kappa shape index (κ3) is 4.93. The molecule has 1 aliphatic rings. The van der Waals surface area contributed by atoms with Crippen molar-refractivity contribution in [1.82, 2.24) is 9.80 Å². The van der Waals surface area contributed by atoms with Gasteiger partial charge in [0, 0.05) is 6.54 Å². The topological polar surface area (TPSA) is 147 Å². The largest absolute Gasteiger partial charge is 0.480 e. The minimum absolute atomic E-state index is 0.254. The molecule has 9 heteroatoms. The van der Waals surface area contributed by atoms with Gasteiger partial charge in [0.25, 0.3) is 0 Å². The monoisotopic (exact) mass is 300 g/mol. The lowest BCUT2D eigenvalue weighted by atomic mass is 10.1. The van der Waals surface area contributed by atoms with E-state index in [1.165, 1.54) is 4.90 Å². The van der Waals surface area contributed by atoms with Crippen molar-refractivity contribution in [3.63, 3.8) is 0 Å². The van der Waals surface area contributed by atoms with Crippen LogP contribution in [0.4, 0.5) is 4.79 Å². The number of hydrogen-bond donors (Lipinski definition) is 3. The van der Waals surface area contributed by atoms with Crippen molar-refractivity contribution in [2.45, 2.75) is 31.7 Å². The highest BCUT2D eigenvalue weighted by molar-refractivity contribution is 5.89. The first-order chi connectivity index (χ1) is 9.82. The van der Waals surface area contributed by atoms with Gasteiger partial charge in [0.2, 0.25) is 11.8 Å². The SMILES string of the molecule is NC(=O)CN(CC(N)=O)C(=O)N1CCCCCC1C(=O)O. The van der Waals surface area contributed by atoms with Crippen molar-refractivity contribution < 1.29 is 24.3 Å². The third-order valence-electron chi connectivity index (χ3n) is 3.25. The Labute approximate surface area is 121 Å². The van der Waals surface area contributed by atoms with Crippen LogP contribution in [0.25, 0.3) is 0 Å². The molecule has 21 heavy (non-hydrogen) atoms. The molecule has 0 aromatic heterocycles. The van der Waals surface area contributed by atoms with Crippen molar-refractivity contribution >= 4 is 23.8 Å². The first-order valence-electron chi connectivity index (χ1n) is 6.68. The molecule has 5 N–H and O–H groups in total. The van der Waals surface area contributed by atoms with E-state index in [0.29, 0.717) is 19.3 Å². The van der Waals surface area contributed by atoms with E-state index in [0.717, 1.165) is 11.3 Å². The Kier molecular flexibility index (Phi) is 5.94. The Morgan fingerprint density at radius 3 is 2.10 bits per heavy atom. The molecule has 118 valence electrons. The lowest BCUT2D eigenvalue weighted by Crippen LogP contribution is -2.54. The number of likely N-dealkylation sites (tertiary alicyclic amines) is 1. The van der Waals surface area contributed by atoms with Crippen molar-refractivity contribution in [2.75, 3.05) is 19.6 Å². The number of hydrogen-bond acceptors (Lipinski definition) is 4. The van der Waals surface area contributed by atoms with E-state index >= 15 is 0 Å². The molecule has 1 saturated heterocycles. The Hall–Kier alpha value is -2.32. The maximum atomic E-state index is 12.4. The van der Waals surface area contributed by atoms with Crippen molar-refractivity contribution in [3.8, 4) is 0 Å². The van der Waals surface area contributed by atoms with Crippen molar-refractivity contribution in [2.24, 2.45) is 11.5 Å². The Bertz CT molecular complexity index is 423. The number of aliphatic carboxylic acids is 1. The molecular formula is C12H20N4O5. The molecule has 1 aliphatic heterocycles. The highest BCUT2D eigenvalue weighted by Gasteiger charge is 2.34. The Morgan fingerprint density at radius 2 is 1.62 bits per heavy atom. The van der Waals surface area contributed by atoms with E-state index in [2.05, 4.69) is 0 Å². The number of amides is 4. The molecule has 1 atom stereocenters. The third-order valence-corrected chi connectivity index (χ3v) is 3.25. The Morgan fingerprint density at radius 1 is 1.05 bits per heavy atom. The predicted molar refractivity (Wildman–Crippen MR) is 72.0 cm³/mol. The summed E-state index contributed by atoms with van der Waals surface area (Å²) < 4.78 is 0. The van der Waals surface area contributed by atoms with E-state index in [1.54, 1.807) is 0 Å². The summed E-state index contributed by atoms with van der Waals surface area (Å²) in [5.74, 6) is -2.71. The summed E-state index contributed by atoms with van der Waals surface area (Å²) in [7, 11) is 0. The average Bonchev–Trinajstić information content (AvgIpc) is 2.61. The zero-order valence-electron chi connectivity index (χ0n) is 11.7. The predicted octanol–water partition coefficient (Wildman–Crippen LogP) is -1.29. The van der Waals surface area contributed by atoms with Crippen LogP contribution < -0.4 is 11.5 Å². The van der Waals surface area contributed by atoms with Crippen LogP contribution in [-0.4, -0.2) is 64.4 Å². The number of carbonyl (C=O) groups is 4. The van der Waals surface area contributed by atoms with Gasteiger partial charge >= 0.3 is 12.0 Å². The molecule has 1 rings (SSSR count). The van der Waals surface area contributed by atoms with Crippen LogP contribution in [0.3, 0.4) is 0 Å². The molecule has 0 aromatic rings. The minimum atomic E-state index is -1.11. The summed E-state index contributed by atoms with van der Waals surface area (Å²) in [6.45, 7) is -0.709. The van der Waals surface area contributed by atoms with Crippen LogP contribution in [0.5, 0.6) is 0 Å². The molecule has 4 amide bonds. The molecular weight excluding hydrogens is 280 g/mol. The maximum Gasteiger partial charge on any atom is 0.326 e. The second-order valence-electron chi connectivity index (χ2n) is 4.97. The van der Waals surface area contributed by atoms with E-state index in [-0.39, 0.29) is 6.54 Å². The van der Waals surface area contributed by atoms with E-state index in [4.69, 9.17) is 11.5 Å². The molecule has 0 radical (unpaired) electrons. The van der Waals surface area contributed by atoms with Crippen molar-refractivity contribution in [1.29, 1.82) is 0 Å². The van der Waals surface area contributed by atoms with E-state index in [1.807, 2.05) is 0 Å². The zero-order valence-corrected chi connectivity index (χ0v) is 11.7. The van der Waals surface area contributed by atoms with Gasteiger partial charge in [-0.1, -0.05) is 12.8 Å². The molecule has 1 heterocycles. The summed E-state index contributed by atoms with van der Waals surface area (Å²) in [6, 6.07) is -1.68. The zero-order chi connectivity index (χ0) is 16.0. The van der Waals surface area contributed by atoms with Crippen LogP contribution in [-0.2, 0) is 14.4 Å². The summed E-state index contributed by atoms with van der Waals surface area (Å²) in [5.41, 5.74) is 10.1. The number of carbonyl (C=O) groups excluding carboxylic acids is 3. The number of rotatable bonds is 5. The fourth-order valence-electron chi connectivity index (χ4n) is 2.34. The molecule has 0 saturated carbocycles. The standard InChI is InChI=1S/C12H20N4O5/c13-9(17)6-15(7-10(14)18)12(21)16-5-3-1-2-4-8(16)11(19)20/h8H,1-7H2,(H2,13,17)(H2,14,18)(H,19,20). The fraction of sp³-hybridized carbons (Fsp3) is 0.667. The van der Waals surface area contributed by atoms with E-state index < -0.39 is 42.9 Å². The van der Waals surface area contributed by atoms with Gasteiger partial charge in [0.15, 0.2) is 0 Å². The summed E-state index contributed by atoms with van der Waals surface area (Å²) >= 11 is 0. The van der Waals surface area contributed by atoms with Crippen molar-refractivity contribution in [3.05, 3.63) is 0 Å². The average molecular weight is 300 g/mol. The van der Waals surface area contributed by atoms with E-state index in [9.17, 15) is 24.3 Å². The molecule has 1 fully saturated rings. The van der Waals surface area contributed by atoms with Gasteiger partial charge in [-0.05, 0) is 12.8 Å². The Balaban J connectivity index is 2.93. The lowest BCUT2D eigenvalue weighted by Gasteiger charge is -2.32. The van der Waals surface area contributed by atoms with Crippen LogP contribution >= 0.6 is 0 Å². The smallest absolute Gasteiger partial charge is 0.326 e. The van der Waals surface area contributed by atoms with Gasteiger partial charge in [-0.3, -0.25) is 9.59 Å². The van der Waals surface area contributed by atoms with Gasteiger partial charge in [-0.25, -0.2) is 9.59 Å². The normalized spacial score (nSPS) is 18.7. The molecule has 0 aliphatic carbocycles. The van der Waals surface area contributed by atoms with Gasteiger partial charge < -0.3 is 26.4 Å². The summed E-state index contributed by atoms with van der Waals surface area (Å²) in [5, 5.41) is 9.23. The number of nitrogens with zero attached hydrogens (tertiary/aromatic N) is 2. The van der Waals surface area contributed by atoms with Gasteiger partial charge in [0.1, 0.15) is 19.1 Å². The van der Waals surface area contributed by atoms with Gasteiger partial charge in [-0.2, -0.15) is 0 Å². The van der Waals surface area contributed by atoms with Crippen LogP contribution in [0.1, 0.15) is 25.7 Å². The quantitative estimate of drug-likeness (QED) is 0.577. The highest BCUT2D eigenvalue weighted by Crippen LogP contribution is 2.18. The highest BCUT2D eigenvalue weighted by atomic mass is 16.4. The summed E-state index contributed by atoms with van der Waals surface area (Å²) in [4.78, 5) is 47.8. The first-order valence-corrected chi connectivity index (χ1v) is 6.68. The number of urea groups is 1. The fourth-order valence-corrected chi connectivity index (χ4v) is 2.34. The van der Waals surface area contributed by atoms with Crippen LogP contribution in [0.15, 0.2) is 0 Å². The van der Waals surface area contributed by atoms with Crippen LogP contribution in [0.2, 0.25) is 0 Å². The second kappa shape index (κ2) is 7.46. The molecule has 1 unspecified atom stereocenters. The van der Waals surface area contributed by atoms with Gasteiger partial charge in [-0.15, -0.1) is 0 Å². The molecule has 0 bridgehead atoms. The second-order valence-corrected chi connectivity index (χ2v) is 4.97. The van der Waals surface area contributed by atoms with Gasteiger partial charge in [0.05, 0.1) is 0 Å². The molecule has 0 aromatic carbocycles. The maximum absolute atomic E-state index is 12.4. The number of carboxylic acids is 1. The minimum Gasteiger partial charge on any atom is -0.480 e.